The van der Waals surface area contributed by atoms with E-state index in [1.54, 1.807) is 7.11 Å². The number of rotatable bonds is 5. The van der Waals surface area contributed by atoms with E-state index < -0.39 is 0 Å². The molecule has 0 saturated heterocycles. The van der Waals surface area contributed by atoms with Crippen LogP contribution < -0.4 is 4.74 Å². The second-order valence-corrected chi connectivity index (χ2v) is 12.3. The van der Waals surface area contributed by atoms with Gasteiger partial charge in [0.15, 0.2) is 0 Å². The summed E-state index contributed by atoms with van der Waals surface area (Å²) in [5.74, 6) is 0.727. The van der Waals surface area contributed by atoms with Crippen molar-refractivity contribution in [1.29, 1.82) is 0 Å². The zero-order valence-electron chi connectivity index (χ0n) is 27.4. The molecular formula is C45H32N4O. The van der Waals surface area contributed by atoms with E-state index in [1.807, 2.05) is 24.3 Å². The lowest BCUT2D eigenvalue weighted by atomic mass is 10.0. The molecule has 0 saturated carbocycles. The van der Waals surface area contributed by atoms with Crippen LogP contribution in [0.3, 0.4) is 0 Å². The predicted molar refractivity (Wildman–Crippen MR) is 207 cm³/mol. The monoisotopic (exact) mass is 644 g/mol. The summed E-state index contributed by atoms with van der Waals surface area (Å²) in [5, 5.41) is 0. The fourth-order valence-corrected chi connectivity index (χ4v) is 7.05. The molecule has 5 nitrogen and oxygen atoms in total. The number of ether oxygens (including phenoxy) is 1. The SMILES string of the molecule is COc1cc2[nH]c1c(-c1ccccc1)c1nc(c(-c3ccccc3)c3ccc([nH]3)c(-c3ccccc3)c3nc(c2-c2ccccc2)C=C3)C=C1. The first-order chi connectivity index (χ1) is 24.7. The Kier molecular flexibility index (Phi) is 7.29. The molecule has 0 amide bonds. The molecule has 5 heteroatoms. The molecule has 2 aliphatic heterocycles. The average Bonchev–Trinajstić information content (AvgIpc) is 4.00. The van der Waals surface area contributed by atoms with E-state index in [9.17, 15) is 0 Å². The summed E-state index contributed by atoms with van der Waals surface area (Å²) in [5.41, 5.74) is 15.4. The van der Waals surface area contributed by atoms with Crippen LogP contribution in [0.5, 0.6) is 5.75 Å². The fourth-order valence-electron chi connectivity index (χ4n) is 7.05. The second-order valence-electron chi connectivity index (χ2n) is 12.3. The smallest absolute Gasteiger partial charge is 0.145 e. The molecule has 238 valence electrons. The maximum atomic E-state index is 6.12. The van der Waals surface area contributed by atoms with Crippen LogP contribution >= 0.6 is 0 Å². The summed E-state index contributed by atoms with van der Waals surface area (Å²) in [4.78, 5) is 18.3. The number of fused-ring (bicyclic) bond motifs is 8. The standard InChI is InChI=1S/C45H32N4O/c1-50-40-28-39-43(31-18-10-4-11-19-31)37-25-24-35(47-37)41(29-14-6-2-7-15-29)33-22-23-34(46-33)42(30-16-8-3-9-17-30)36-26-27-38(48-36)44(45(40)49-39)32-20-12-5-13-21-32/h2-28,46,49H,1H3. The van der Waals surface area contributed by atoms with Crippen molar-refractivity contribution in [2.24, 2.45) is 0 Å². The lowest BCUT2D eigenvalue weighted by Gasteiger charge is -2.07. The normalized spacial score (nSPS) is 11.9. The lowest BCUT2D eigenvalue weighted by Crippen LogP contribution is -1.90. The third-order valence-electron chi connectivity index (χ3n) is 9.30. The summed E-state index contributed by atoms with van der Waals surface area (Å²) < 4.78 is 6.12. The maximum absolute atomic E-state index is 6.12. The Labute approximate surface area is 290 Å². The van der Waals surface area contributed by atoms with Gasteiger partial charge in [0, 0.05) is 39.4 Å². The van der Waals surface area contributed by atoms with Crippen LogP contribution in [0, 0.1) is 0 Å². The third kappa shape index (κ3) is 5.13. The van der Waals surface area contributed by atoms with Crippen LogP contribution in [0.25, 0.3) is 90.9 Å². The largest absolute Gasteiger partial charge is 0.494 e. The first-order valence-corrected chi connectivity index (χ1v) is 16.7. The highest BCUT2D eigenvalue weighted by Gasteiger charge is 2.20. The molecule has 0 fully saturated rings. The Bertz CT molecular complexity index is 2600. The van der Waals surface area contributed by atoms with Crippen molar-refractivity contribution in [2.75, 3.05) is 7.11 Å². The molecule has 7 aromatic rings. The van der Waals surface area contributed by atoms with Crippen molar-refractivity contribution in [3.63, 3.8) is 0 Å². The van der Waals surface area contributed by atoms with E-state index >= 15 is 0 Å². The highest BCUT2D eigenvalue weighted by Crippen LogP contribution is 2.40. The maximum Gasteiger partial charge on any atom is 0.145 e. The van der Waals surface area contributed by atoms with Crippen molar-refractivity contribution in [2.45, 2.75) is 0 Å². The number of benzene rings is 4. The van der Waals surface area contributed by atoms with Crippen molar-refractivity contribution < 1.29 is 4.74 Å². The van der Waals surface area contributed by atoms with Gasteiger partial charge < -0.3 is 14.7 Å². The number of nitrogens with one attached hydrogen (secondary N) is 2. The molecule has 0 aliphatic carbocycles. The summed E-state index contributed by atoms with van der Waals surface area (Å²) in [6.45, 7) is 0. The zero-order chi connectivity index (χ0) is 33.4. The van der Waals surface area contributed by atoms with Crippen LogP contribution in [-0.2, 0) is 0 Å². The fraction of sp³-hybridized carbons (Fsp3) is 0.0222. The Morgan fingerprint density at radius 1 is 0.400 bits per heavy atom. The quantitative estimate of drug-likeness (QED) is 0.196. The van der Waals surface area contributed by atoms with Gasteiger partial charge in [-0.2, -0.15) is 0 Å². The van der Waals surface area contributed by atoms with Crippen LogP contribution in [0.1, 0.15) is 22.8 Å². The lowest BCUT2D eigenvalue weighted by molar-refractivity contribution is 0.420. The van der Waals surface area contributed by atoms with Crippen molar-refractivity contribution in [3.05, 3.63) is 162 Å². The number of aromatic amines is 2. The molecule has 4 aromatic carbocycles. The van der Waals surface area contributed by atoms with E-state index in [0.29, 0.717) is 0 Å². The topological polar surface area (TPSA) is 66.6 Å². The summed E-state index contributed by atoms with van der Waals surface area (Å²) in [6.07, 6.45) is 8.46. The van der Waals surface area contributed by atoms with Gasteiger partial charge in [-0.05, 0) is 58.7 Å². The predicted octanol–water partition coefficient (Wildman–Crippen LogP) is 11.3. The van der Waals surface area contributed by atoms with Gasteiger partial charge in [0.1, 0.15) is 5.75 Å². The molecule has 0 atom stereocenters. The van der Waals surface area contributed by atoms with Gasteiger partial charge in [-0.1, -0.05) is 121 Å². The van der Waals surface area contributed by atoms with E-state index in [-0.39, 0.29) is 0 Å². The molecule has 3 aromatic heterocycles. The van der Waals surface area contributed by atoms with E-state index in [2.05, 4.69) is 150 Å². The van der Waals surface area contributed by atoms with E-state index in [1.165, 1.54) is 0 Å². The molecule has 0 unspecified atom stereocenters. The Hall–Kier alpha value is -6.72. The average molecular weight is 645 g/mol. The molecule has 2 aliphatic rings. The summed E-state index contributed by atoms with van der Waals surface area (Å²) >= 11 is 0. The Balaban J connectivity index is 1.51. The molecule has 0 radical (unpaired) electrons. The van der Waals surface area contributed by atoms with Crippen LogP contribution in [-0.4, -0.2) is 27.0 Å². The van der Waals surface area contributed by atoms with Crippen LogP contribution in [0.4, 0.5) is 0 Å². The number of methoxy groups -OCH3 is 1. The zero-order valence-corrected chi connectivity index (χ0v) is 27.4. The van der Waals surface area contributed by atoms with E-state index in [0.717, 1.165) is 95.1 Å². The molecular weight excluding hydrogens is 613 g/mol. The van der Waals surface area contributed by atoms with Gasteiger partial charge in [0.05, 0.1) is 40.9 Å². The first kappa shape index (κ1) is 29.4. The van der Waals surface area contributed by atoms with Crippen molar-refractivity contribution in [3.8, 4) is 50.3 Å². The highest BCUT2D eigenvalue weighted by atomic mass is 16.5. The molecule has 8 bridgehead atoms. The van der Waals surface area contributed by atoms with Gasteiger partial charge >= 0.3 is 0 Å². The van der Waals surface area contributed by atoms with Gasteiger partial charge in [-0.25, -0.2) is 9.97 Å². The third-order valence-corrected chi connectivity index (χ3v) is 9.30. The van der Waals surface area contributed by atoms with Gasteiger partial charge in [-0.15, -0.1) is 0 Å². The second kappa shape index (κ2) is 12.4. The Morgan fingerprint density at radius 2 is 0.760 bits per heavy atom. The van der Waals surface area contributed by atoms with Gasteiger partial charge in [-0.3, -0.25) is 0 Å². The highest BCUT2D eigenvalue weighted by molar-refractivity contribution is 6.01. The van der Waals surface area contributed by atoms with Crippen molar-refractivity contribution in [1.82, 2.24) is 19.9 Å². The van der Waals surface area contributed by atoms with Gasteiger partial charge in [0.25, 0.3) is 0 Å². The molecule has 9 rings (SSSR count). The number of hydrogen-bond donors (Lipinski definition) is 2. The number of hydrogen-bond acceptors (Lipinski definition) is 3. The first-order valence-electron chi connectivity index (χ1n) is 16.7. The van der Waals surface area contributed by atoms with Crippen LogP contribution in [0.2, 0.25) is 0 Å². The number of aromatic nitrogens is 4. The minimum Gasteiger partial charge on any atom is -0.494 e. The van der Waals surface area contributed by atoms with Crippen LogP contribution in [0.15, 0.2) is 140 Å². The van der Waals surface area contributed by atoms with Gasteiger partial charge in [0.2, 0.25) is 0 Å². The molecule has 2 N–H and O–H groups in total. The van der Waals surface area contributed by atoms with E-state index in [4.69, 9.17) is 14.7 Å². The number of nitrogens with zero attached hydrogens (tertiary/aromatic N) is 2. The number of H-pyrrole nitrogens is 2. The molecule has 5 heterocycles. The molecule has 50 heavy (non-hydrogen) atoms. The Morgan fingerprint density at radius 3 is 1.16 bits per heavy atom. The summed E-state index contributed by atoms with van der Waals surface area (Å²) in [6, 6.07) is 48.1. The minimum absolute atomic E-state index is 0.727. The summed E-state index contributed by atoms with van der Waals surface area (Å²) in [7, 11) is 1.72. The molecule has 0 spiro atoms. The minimum atomic E-state index is 0.727. The van der Waals surface area contributed by atoms with Crippen molar-refractivity contribution >= 4 is 46.4 Å².